The molecule has 1 aromatic carbocycles. The van der Waals surface area contributed by atoms with Crippen LogP contribution < -0.4 is 4.74 Å². The molecule has 0 aliphatic carbocycles. The van der Waals surface area contributed by atoms with Crippen LogP contribution >= 0.6 is 15.9 Å². The maximum atomic E-state index is 13.2. The molecular formula is C13H8BrF4NO. The summed E-state index contributed by atoms with van der Waals surface area (Å²) in [6.45, 7) is 0.0157. The Hall–Kier alpha value is -1.63. The number of nitrogens with zero attached hydrogens (tertiary/aromatic N) is 1. The Bertz CT molecular complexity index is 616. The van der Waals surface area contributed by atoms with Gasteiger partial charge in [0.1, 0.15) is 22.8 Å². The molecule has 106 valence electrons. The van der Waals surface area contributed by atoms with E-state index in [9.17, 15) is 17.6 Å². The molecule has 2 rings (SSSR count). The third kappa shape index (κ3) is 3.93. The number of alkyl halides is 3. The standard InChI is InChI=1S/C13H8BrF4NO/c14-12-3-8(1-2-19-12)7-20-11-5-9(13(16,17)18)4-10(15)6-11/h1-6H,7H2. The van der Waals surface area contributed by atoms with E-state index in [1.54, 1.807) is 12.1 Å². The summed E-state index contributed by atoms with van der Waals surface area (Å²) in [5.74, 6) is -1.17. The molecule has 0 N–H and O–H groups in total. The first-order chi connectivity index (χ1) is 9.34. The van der Waals surface area contributed by atoms with Crippen LogP contribution in [-0.4, -0.2) is 4.98 Å². The number of aromatic nitrogens is 1. The van der Waals surface area contributed by atoms with Crippen molar-refractivity contribution in [3.63, 3.8) is 0 Å². The van der Waals surface area contributed by atoms with Crippen LogP contribution in [0.25, 0.3) is 0 Å². The van der Waals surface area contributed by atoms with Crippen LogP contribution in [0.15, 0.2) is 41.1 Å². The summed E-state index contributed by atoms with van der Waals surface area (Å²) < 4.78 is 56.5. The molecule has 0 spiro atoms. The summed E-state index contributed by atoms with van der Waals surface area (Å²) in [6.07, 6.45) is -3.09. The molecule has 2 aromatic rings. The fourth-order valence-electron chi connectivity index (χ4n) is 1.51. The monoisotopic (exact) mass is 349 g/mol. The van der Waals surface area contributed by atoms with E-state index in [4.69, 9.17) is 4.74 Å². The van der Waals surface area contributed by atoms with Gasteiger partial charge in [0.05, 0.1) is 5.56 Å². The quantitative estimate of drug-likeness (QED) is 0.597. The minimum Gasteiger partial charge on any atom is -0.489 e. The van der Waals surface area contributed by atoms with E-state index < -0.39 is 17.6 Å². The Morgan fingerprint density at radius 1 is 1.15 bits per heavy atom. The molecule has 0 amide bonds. The zero-order chi connectivity index (χ0) is 14.8. The maximum absolute atomic E-state index is 13.2. The van der Waals surface area contributed by atoms with E-state index in [-0.39, 0.29) is 12.4 Å². The van der Waals surface area contributed by atoms with Gasteiger partial charge in [-0.1, -0.05) is 0 Å². The topological polar surface area (TPSA) is 22.1 Å². The summed E-state index contributed by atoms with van der Waals surface area (Å²) in [7, 11) is 0. The fraction of sp³-hybridized carbons (Fsp3) is 0.154. The highest BCUT2D eigenvalue weighted by atomic mass is 79.9. The Morgan fingerprint density at radius 3 is 2.55 bits per heavy atom. The van der Waals surface area contributed by atoms with E-state index in [0.29, 0.717) is 16.2 Å². The smallest absolute Gasteiger partial charge is 0.416 e. The molecule has 0 aliphatic heterocycles. The van der Waals surface area contributed by atoms with Crippen LogP contribution in [-0.2, 0) is 12.8 Å². The fourth-order valence-corrected chi connectivity index (χ4v) is 1.92. The summed E-state index contributed by atoms with van der Waals surface area (Å²) in [5, 5.41) is 0. The molecule has 0 fully saturated rings. The van der Waals surface area contributed by atoms with Gasteiger partial charge in [0.25, 0.3) is 0 Å². The Kier molecular flexibility index (Phi) is 4.27. The molecule has 0 atom stereocenters. The van der Waals surface area contributed by atoms with Crippen molar-refractivity contribution in [2.75, 3.05) is 0 Å². The number of hydrogen-bond donors (Lipinski definition) is 0. The second kappa shape index (κ2) is 5.78. The van der Waals surface area contributed by atoms with Crippen molar-refractivity contribution in [1.82, 2.24) is 4.98 Å². The van der Waals surface area contributed by atoms with Crippen molar-refractivity contribution in [2.45, 2.75) is 12.8 Å². The van der Waals surface area contributed by atoms with Crippen LogP contribution in [0.4, 0.5) is 17.6 Å². The molecule has 0 unspecified atom stereocenters. The number of hydrogen-bond acceptors (Lipinski definition) is 2. The molecular weight excluding hydrogens is 342 g/mol. The Labute approximate surface area is 120 Å². The highest BCUT2D eigenvalue weighted by Gasteiger charge is 2.31. The van der Waals surface area contributed by atoms with Gasteiger partial charge >= 0.3 is 6.18 Å². The molecule has 20 heavy (non-hydrogen) atoms. The highest BCUT2D eigenvalue weighted by Crippen LogP contribution is 2.32. The van der Waals surface area contributed by atoms with Crippen LogP contribution in [0.2, 0.25) is 0 Å². The van der Waals surface area contributed by atoms with E-state index in [1.807, 2.05) is 0 Å². The predicted molar refractivity (Wildman–Crippen MR) is 67.7 cm³/mol. The Morgan fingerprint density at radius 2 is 1.90 bits per heavy atom. The molecule has 0 aliphatic rings. The highest BCUT2D eigenvalue weighted by molar-refractivity contribution is 9.10. The van der Waals surface area contributed by atoms with Gasteiger partial charge in [-0.05, 0) is 45.8 Å². The summed E-state index contributed by atoms with van der Waals surface area (Å²) >= 11 is 3.16. The third-order valence-electron chi connectivity index (χ3n) is 2.40. The van der Waals surface area contributed by atoms with Gasteiger partial charge in [-0.2, -0.15) is 13.2 Å². The van der Waals surface area contributed by atoms with Crippen LogP contribution in [0.3, 0.4) is 0 Å². The minimum absolute atomic E-state index is 0.0157. The second-order valence-electron chi connectivity index (χ2n) is 3.95. The number of ether oxygens (including phenoxy) is 1. The van der Waals surface area contributed by atoms with Gasteiger partial charge in [-0.15, -0.1) is 0 Å². The van der Waals surface area contributed by atoms with E-state index in [1.165, 1.54) is 6.20 Å². The number of rotatable bonds is 3. The van der Waals surface area contributed by atoms with E-state index >= 15 is 0 Å². The lowest BCUT2D eigenvalue weighted by Gasteiger charge is -2.11. The largest absolute Gasteiger partial charge is 0.489 e. The van der Waals surface area contributed by atoms with Crippen LogP contribution in [0.5, 0.6) is 5.75 Å². The molecule has 0 bridgehead atoms. The van der Waals surface area contributed by atoms with Gasteiger partial charge < -0.3 is 4.74 Å². The molecule has 7 heteroatoms. The molecule has 0 saturated carbocycles. The summed E-state index contributed by atoms with van der Waals surface area (Å²) in [6, 6.07) is 5.40. The second-order valence-corrected chi connectivity index (χ2v) is 4.76. The van der Waals surface area contributed by atoms with E-state index in [2.05, 4.69) is 20.9 Å². The average molecular weight is 350 g/mol. The summed E-state index contributed by atoms with van der Waals surface area (Å²) in [5.41, 5.74) is -0.381. The third-order valence-corrected chi connectivity index (χ3v) is 2.83. The van der Waals surface area contributed by atoms with E-state index in [0.717, 1.165) is 12.1 Å². The van der Waals surface area contributed by atoms with Gasteiger partial charge in [-0.3, -0.25) is 0 Å². The van der Waals surface area contributed by atoms with Crippen molar-refractivity contribution < 1.29 is 22.3 Å². The lowest BCUT2D eigenvalue weighted by Crippen LogP contribution is -2.06. The number of pyridine rings is 1. The Balaban J connectivity index is 2.16. The van der Waals surface area contributed by atoms with Crippen molar-refractivity contribution in [2.24, 2.45) is 0 Å². The maximum Gasteiger partial charge on any atom is 0.416 e. The SMILES string of the molecule is Fc1cc(OCc2ccnc(Br)c2)cc(C(F)(F)F)c1. The van der Waals surface area contributed by atoms with Crippen molar-refractivity contribution >= 4 is 15.9 Å². The molecule has 1 heterocycles. The van der Waals surface area contributed by atoms with Crippen molar-refractivity contribution in [3.8, 4) is 5.75 Å². The molecule has 1 aromatic heterocycles. The van der Waals surface area contributed by atoms with Crippen LogP contribution in [0.1, 0.15) is 11.1 Å². The van der Waals surface area contributed by atoms with Gasteiger partial charge in [0, 0.05) is 12.3 Å². The lowest BCUT2D eigenvalue weighted by atomic mass is 10.2. The number of benzene rings is 1. The minimum atomic E-state index is -4.61. The van der Waals surface area contributed by atoms with Gasteiger partial charge in [-0.25, -0.2) is 9.37 Å². The van der Waals surface area contributed by atoms with Crippen LogP contribution in [0, 0.1) is 5.82 Å². The van der Waals surface area contributed by atoms with Crippen molar-refractivity contribution in [3.05, 3.63) is 58.1 Å². The first kappa shape index (κ1) is 14.8. The molecule has 0 saturated heterocycles. The van der Waals surface area contributed by atoms with Gasteiger partial charge in [0.2, 0.25) is 0 Å². The normalized spacial score (nSPS) is 11.4. The van der Waals surface area contributed by atoms with Crippen molar-refractivity contribution in [1.29, 1.82) is 0 Å². The predicted octanol–water partition coefficient (Wildman–Crippen LogP) is 4.58. The zero-order valence-electron chi connectivity index (χ0n) is 9.92. The summed E-state index contributed by atoms with van der Waals surface area (Å²) in [4.78, 5) is 3.91. The zero-order valence-corrected chi connectivity index (χ0v) is 11.5. The van der Waals surface area contributed by atoms with Gasteiger partial charge in [0.15, 0.2) is 0 Å². The number of halogens is 5. The lowest BCUT2D eigenvalue weighted by molar-refractivity contribution is -0.137. The first-order valence-electron chi connectivity index (χ1n) is 5.45. The molecule has 0 radical (unpaired) electrons. The molecule has 2 nitrogen and oxygen atoms in total. The average Bonchev–Trinajstić information content (AvgIpc) is 2.35. The first-order valence-corrected chi connectivity index (χ1v) is 6.25.